The lowest BCUT2D eigenvalue weighted by Crippen LogP contribution is -2.38. The molecule has 1 unspecified atom stereocenters. The Labute approximate surface area is 129 Å². The number of amides is 1. The summed E-state index contributed by atoms with van der Waals surface area (Å²) in [6, 6.07) is 3.98. The van der Waals surface area contributed by atoms with E-state index in [0.717, 1.165) is 6.42 Å². The molecule has 1 atom stereocenters. The van der Waals surface area contributed by atoms with Crippen LogP contribution in [0.25, 0.3) is 0 Å². The first-order chi connectivity index (χ1) is 9.20. The van der Waals surface area contributed by atoms with Gasteiger partial charge >= 0.3 is 0 Å². The molecule has 4 nitrogen and oxygen atoms in total. The van der Waals surface area contributed by atoms with E-state index in [1.165, 1.54) is 18.2 Å². The molecule has 0 fully saturated rings. The molecule has 7 heteroatoms. The number of rotatable bonds is 5. The summed E-state index contributed by atoms with van der Waals surface area (Å²) in [5.74, 6) is -0.258. The molecule has 0 heterocycles. The lowest BCUT2D eigenvalue weighted by atomic mass is 10.1. The SMILES string of the molecule is CCC(C)N(CC)C(=O)c1cc(Cl)cc(S(=O)(=O)Cl)c1. The number of carbonyl (C=O) groups excluding carboxylic acids is 1. The lowest BCUT2D eigenvalue weighted by Gasteiger charge is -2.27. The van der Waals surface area contributed by atoms with Crippen LogP contribution in [0.15, 0.2) is 23.1 Å². The van der Waals surface area contributed by atoms with Crippen LogP contribution in [0.4, 0.5) is 0 Å². The van der Waals surface area contributed by atoms with Crippen LogP contribution in [0, 0.1) is 0 Å². The van der Waals surface area contributed by atoms with Gasteiger partial charge in [-0.1, -0.05) is 18.5 Å². The maximum absolute atomic E-state index is 12.4. The Morgan fingerprint density at radius 3 is 2.35 bits per heavy atom. The number of benzene rings is 1. The summed E-state index contributed by atoms with van der Waals surface area (Å²) in [5, 5.41) is 0.162. The first-order valence-corrected chi connectivity index (χ1v) is 8.95. The van der Waals surface area contributed by atoms with Crippen molar-refractivity contribution in [3.63, 3.8) is 0 Å². The second kappa shape index (κ2) is 6.78. The molecule has 20 heavy (non-hydrogen) atoms. The molecule has 1 aromatic carbocycles. The summed E-state index contributed by atoms with van der Waals surface area (Å²) in [7, 11) is 1.38. The van der Waals surface area contributed by atoms with Crippen molar-refractivity contribution in [2.45, 2.75) is 38.1 Å². The number of halogens is 2. The van der Waals surface area contributed by atoms with Crippen molar-refractivity contribution in [3.05, 3.63) is 28.8 Å². The molecule has 0 aromatic heterocycles. The van der Waals surface area contributed by atoms with Crippen LogP contribution in [0.1, 0.15) is 37.6 Å². The fraction of sp³-hybridized carbons (Fsp3) is 0.462. The third-order valence-corrected chi connectivity index (χ3v) is 4.68. The lowest BCUT2D eigenvalue weighted by molar-refractivity contribution is 0.0699. The van der Waals surface area contributed by atoms with Gasteiger partial charge in [0.1, 0.15) is 0 Å². The smallest absolute Gasteiger partial charge is 0.261 e. The van der Waals surface area contributed by atoms with Gasteiger partial charge in [0.2, 0.25) is 0 Å². The highest BCUT2D eigenvalue weighted by Gasteiger charge is 2.21. The fourth-order valence-electron chi connectivity index (χ4n) is 1.87. The van der Waals surface area contributed by atoms with Crippen LogP contribution in [-0.4, -0.2) is 31.8 Å². The summed E-state index contributed by atoms with van der Waals surface area (Å²) in [5.41, 5.74) is 0.221. The van der Waals surface area contributed by atoms with Crippen LogP contribution in [0.3, 0.4) is 0 Å². The summed E-state index contributed by atoms with van der Waals surface area (Å²) in [4.78, 5) is 13.9. The van der Waals surface area contributed by atoms with Gasteiger partial charge in [0.05, 0.1) is 4.90 Å². The molecule has 0 bridgehead atoms. The quantitative estimate of drug-likeness (QED) is 0.772. The second-order valence-corrected chi connectivity index (χ2v) is 7.46. The van der Waals surface area contributed by atoms with Gasteiger partial charge in [-0.05, 0) is 38.5 Å². The van der Waals surface area contributed by atoms with Crippen molar-refractivity contribution >= 4 is 37.2 Å². The van der Waals surface area contributed by atoms with E-state index in [0.29, 0.717) is 6.54 Å². The van der Waals surface area contributed by atoms with Gasteiger partial charge < -0.3 is 4.90 Å². The minimum absolute atomic E-state index is 0.0579. The van der Waals surface area contributed by atoms with Gasteiger partial charge in [-0.15, -0.1) is 0 Å². The molecule has 0 aliphatic carbocycles. The van der Waals surface area contributed by atoms with Gasteiger partial charge in [-0.2, -0.15) is 0 Å². The van der Waals surface area contributed by atoms with Gasteiger partial charge in [0, 0.05) is 33.9 Å². The largest absolute Gasteiger partial charge is 0.336 e. The molecule has 0 saturated heterocycles. The predicted octanol–water partition coefficient (Wildman–Crippen LogP) is 3.53. The Hall–Kier alpha value is -0.780. The third-order valence-electron chi connectivity index (χ3n) is 3.12. The summed E-state index contributed by atoms with van der Waals surface area (Å²) in [6.07, 6.45) is 0.806. The molecular formula is C13H17Cl2NO3S. The Balaban J connectivity index is 3.26. The van der Waals surface area contributed by atoms with Gasteiger partial charge in [-0.25, -0.2) is 8.42 Å². The number of hydrogen-bond acceptors (Lipinski definition) is 3. The van der Waals surface area contributed by atoms with Crippen LogP contribution < -0.4 is 0 Å². The maximum atomic E-state index is 12.4. The van der Waals surface area contributed by atoms with E-state index in [2.05, 4.69) is 0 Å². The zero-order chi connectivity index (χ0) is 15.5. The summed E-state index contributed by atoms with van der Waals surface area (Å²) in [6.45, 7) is 6.31. The van der Waals surface area contributed by atoms with Crippen molar-refractivity contribution in [2.24, 2.45) is 0 Å². The molecule has 112 valence electrons. The zero-order valence-electron chi connectivity index (χ0n) is 11.6. The van der Waals surface area contributed by atoms with Crippen molar-refractivity contribution in [1.29, 1.82) is 0 Å². The number of nitrogens with zero attached hydrogens (tertiary/aromatic N) is 1. The first kappa shape index (κ1) is 17.3. The molecular weight excluding hydrogens is 321 g/mol. The van der Waals surface area contributed by atoms with E-state index in [4.69, 9.17) is 22.3 Å². The average molecular weight is 338 g/mol. The number of carbonyl (C=O) groups is 1. The highest BCUT2D eigenvalue weighted by molar-refractivity contribution is 8.13. The Morgan fingerprint density at radius 1 is 1.30 bits per heavy atom. The van der Waals surface area contributed by atoms with Crippen LogP contribution in [0.2, 0.25) is 5.02 Å². The monoisotopic (exact) mass is 337 g/mol. The van der Waals surface area contributed by atoms with Crippen LogP contribution >= 0.6 is 22.3 Å². The fourth-order valence-corrected chi connectivity index (χ4v) is 2.97. The minimum Gasteiger partial charge on any atom is -0.336 e. The highest BCUT2D eigenvalue weighted by Crippen LogP contribution is 2.23. The molecule has 0 aliphatic rings. The van der Waals surface area contributed by atoms with Gasteiger partial charge in [0.25, 0.3) is 15.0 Å². The molecule has 0 aliphatic heterocycles. The van der Waals surface area contributed by atoms with Crippen molar-refractivity contribution in [3.8, 4) is 0 Å². The zero-order valence-corrected chi connectivity index (χ0v) is 13.9. The Kier molecular flexibility index (Phi) is 5.86. The van der Waals surface area contributed by atoms with E-state index < -0.39 is 9.05 Å². The molecule has 1 rings (SSSR count). The highest BCUT2D eigenvalue weighted by atomic mass is 35.7. The standard InChI is InChI=1S/C13H17Cl2NO3S/c1-4-9(3)16(5-2)13(17)10-6-11(14)8-12(7-10)20(15,18)19/h6-9H,4-5H2,1-3H3. The van der Waals surface area contributed by atoms with E-state index >= 15 is 0 Å². The second-order valence-electron chi connectivity index (χ2n) is 4.46. The number of hydrogen-bond donors (Lipinski definition) is 0. The average Bonchev–Trinajstić information content (AvgIpc) is 2.37. The molecule has 0 N–H and O–H groups in total. The van der Waals surface area contributed by atoms with Crippen molar-refractivity contribution in [2.75, 3.05) is 6.54 Å². The van der Waals surface area contributed by atoms with Crippen molar-refractivity contribution in [1.82, 2.24) is 4.90 Å². The van der Waals surface area contributed by atoms with E-state index in [-0.39, 0.29) is 27.4 Å². The normalized spacial score (nSPS) is 13.1. The minimum atomic E-state index is -3.92. The molecule has 1 aromatic rings. The van der Waals surface area contributed by atoms with E-state index in [1.54, 1.807) is 4.90 Å². The first-order valence-electron chi connectivity index (χ1n) is 6.26. The molecule has 1 amide bonds. The van der Waals surface area contributed by atoms with Gasteiger partial charge in [-0.3, -0.25) is 4.79 Å². The summed E-state index contributed by atoms with van der Waals surface area (Å²) >= 11 is 5.87. The Morgan fingerprint density at radius 2 is 1.90 bits per heavy atom. The predicted molar refractivity (Wildman–Crippen MR) is 81.0 cm³/mol. The maximum Gasteiger partial charge on any atom is 0.261 e. The van der Waals surface area contributed by atoms with Crippen LogP contribution in [0.5, 0.6) is 0 Å². The van der Waals surface area contributed by atoms with Crippen LogP contribution in [-0.2, 0) is 9.05 Å². The van der Waals surface area contributed by atoms with E-state index in [9.17, 15) is 13.2 Å². The third kappa shape index (κ3) is 4.11. The van der Waals surface area contributed by atoms with E-state index in [1.807, 2.05) is 20.8 Å². The molecule has 0 spiro atoms. The Bertz CT molecular complexity index is 602. The van der Waals surface area contributed by atoms with Gasteiger partial charge in [0.15, 0.2) is 0 Å². The molecule has 0 saturated carbocycles. The summed E-state index contributed by atoms with van der Waals surface area (Å²) < 4.78 is 22.7. The topological polar surface area (TPSA) is 54.5 Å². The van der Waals surface area contributed by atoms with Crippen molar-refractivity contribution < 1.29 is 13.2 Å². The molecule has 0 radical (unpaired) electrons.